The van der Waals surface area contributed by atoms with Gasteiger partial charge in [-0.3, -0.25) is 4.79 Å². The zero-order valence-electron chi connectivity index (χ0n) is 9.50. The average molecular weight is 211 g/mol. The predicted molar refractivity (Wildman–Crippen MR) is 58.2 cm³/mol. The molecule has 0 bridgehead atoms. The Morgan fingerprint density at radius 1 is 1.33 bits per heavy atom. The second kappa shape index (κ2) is 4.12. The summed E-state index contributed by atoms with van der Waals surface area (Å²) in [6.07, 6.45) is 6.46. The number of hydrogen-bond acceptors (Lipinski definition) is 3. The first-order valence-corrected chi connectivity index (χ1v) is 6.07. The lowest BCUT2D eigenvalue weighted by atomic mass is 9.89. The van der Waals surface area contributed by atoms with E-state index in [4.69, 9.17) is 10.5 Å². The summed E-state index contributed by atoms with van der Waals surface area (Å²) in [5.74, 6) is 0.758. The van der Waals surface area contributed by atoms with Crippen LogP contribution in [-0.4, -0.2) is 18.6 Å². The summed E-state index contributed by atoms with van der Waals surface area (Å²) in [6.45, 7) is 2.72. The first-order valence-electron chi connectivity index (χ1n) is 6.07. The van der Waals surface area contributed by atoms with Gasteiger partial charge in [0.15, 0.2) is 0 Å². The molecule has 0 saturated heterocycles. The molecule has 2 rings (SSSR count). The number of esters is 1. The van der Waals surface area contributed by atoms with Crippen molar-refractivity contribution in [3.05, 3.63) is 0 Å². The van der Waals surface area contributed by atoms with Crippen molar-refractivity contribution in [1.82, 2.24) is 0 Å². The van der Waals surface area contributed by atoms with Crippen LogP contribution in [0.4, 0.5) is 0 Å². The minimum absolute atomic E-state index is 0.0375. The molecule has 2 N–H and O–H groups in total. The first kappa shape index (κ1) is 10.9. The van der Waals surface area contributed by atoms with Crippen molar-refractivity contribution in [2.24, 2.45) is 17.1 Å². The molecular formula is C12H21NO2. The molecule has 0 spiro atoms. The van der Waals surface area contributed by atoms with Gasteiger partial charge < -0.3 is 10.5 Å². The molecule has 15 heavy (non-hydrogen) atoms. The van der Waals surface area contributed by atoms with Gasteiger partial charge in [-0.25, -0.2) is 0 Å². The van der Waals surface area contributed by atoms with Crippen LogP contribution in [0, 0.1) is 11.3 Å². The maximum Gasteiger partial charge on any atom is 0.313 e. The minimum Gasteiger partial charge on any atom is -0.462 e. The first-order chi connectivity index (χ1) is 7.16. The molecule has 2 aliphatic rings. The van der Waals surface area contributed by atoms with E-state index >= 15 is 0 Å². The Labute approximate surface area is 91.4 Å². The number of nitrogens with two attached hydrogens (primary N) is 1. The Morgan fingerprint density at radius 2 is 1.93 bits per heavy atom. The highest BCUT2D eigenvalue weighted by atomic mass is 16.5. The number of hydrogen-bond donors (Lipinski definition) is 1. The van der Waals surface area contributed by atoms with Crippen LogP contribution in [0.1, 0.15) is 45.4 Å². The molecule has 0 atom stereocenters. The molecule has 0 aliphatic heterocycles. The number of rotatable bonds is 3. The number of carbonyl (C=O) groups excluding carboxylic acids is 1. The van der Waals surface area contributed by atoms with E-state index in [-0.39, 0.29) is 17.5 Å². The third kappa shape index (κ3) is 2.33. The van der Waals surface area contributed by atoms with Crippen LogP contribution in [0.3, 0.4) is 0 Å². The molecule has 0 aromatic carbocycles. The Bertz CT molecular complexity index is 240. The minimum atomic E-state index is -0.289. The summed E-state index contributed by atoms with van der Waals surface area (Å²) in [5, 5.41) is 0. The standard InChI is InChI=1S/C12H21NO2/c1-9-2-4-10(5-3-9)15-11(14)12(8-13)6-7-12/h9-10H,2-8,13H2,1H3. The number of ether oxygens (including phenoxy) is 1. The summed E-state index contributed by atoms with van der Waals surface area (Å²) in [7, 11) is 0. The summed E-state index contributed by atoms with van der Waals surface area (Å²) in [5.41, 5.74) is 5.31. The molecule has 0 radical (unpaired) electrons. The van der Waals surface area contributed by atoms with Crippen molar-refractivity contribution in [2.75, 3.05) is 6.54 Å². The fourth-order valence-electron chi connectivity index (χ4n) is 2.27. The van der Waals surface area contributed by atoms with Crippen molar-refractivity contribution >= 4 is 5.97 Å². The van der Waals surface area contributed by atoms with E-state index in [9.17, 15) is 4.79 Å². The lowest BCUT2D eigenvalue weighted by Gasteiger charge is -2.27. The van der Waals surface area contributed by atoms with E-state index in [0.717, 1.165) is 31.6 Å². The van der Waals surface area contributed by atoms with Gasteiger partial charge in [0.25, 0.3) is 0 Å². The van der Waals surface area contributed by atoms with E-state index in [2.05, 4.69) is 6.92 Å². The highest BCUT2D eigenvalue weighted by molar-refractivity contribution is 5.80. The molecule has 2 aliphatic carbocycles. The van der Waals surface area contributed by atoms with Gasteiger partial charge in [0.1, 0.15) is 6.10 Å². The Morgan fingerprint density at radius 3 is 2.40 bits per heavy atom. The van der Waals surface area contributed by atoms with Gasteiger partial charge in [0.05, 0.1) is 5.41 Å². The second-order valence-electron chi connectivity index (χ2n) is 5.27. The molecule has 86 valence electrons. The lowest BCUT2D eigenvalue weighted by molar-refractivity contribution is -0.157. The highest BCUT2D eigenvalue weighted by Gasteiger charge is 2.50. The van der Waals surface area contributed by atoms with Crippen LogP contribution in [0.25, 0.3) is 0 Å². The molecule has 0 aromatic heterocycles. The van der Waals surface area contributed by atoms with E-state index in [1.807, 2.05) is 0 Å². The van der Waals surface area contributed by atoms with E-state index in [1.165, 1.54) is 12.8 Å². The lowest BCUT2D eigenvalue weighted by Crippen LogP contribution is -2.32. The van der Waals surface area contributed by atoms with Gasteiger partial charge in [-0.1, -0.05) is 6.92 Å². The molecule has 0 aromatic rings. The molecule has 3 heteroatoms. The van der Waals surface area contributed by atoms with Gasteiger partial charge in [0, 0.05) is 6.54 Å². The highest BCUT2D eigenvalue weighted by Crippen LogP contribution is 2.46. The molecule has 3 nitrogen and oxygen atoms in total. The smallest absolute Gasteiger partial charge is 0.313 e. The fourth-order valence-corrected chi connectivity index (χ4v) is 2.27. The third-order valence-corrected chi connectivity index (χ3v) is 3.91. The molecule has 0 amide bonds. The summed E-state index contributed by atoms with van der Waals surface area (Å²) in [6, 6.07) is 0. The van der Waals surface area contributed by atoms with Crippen LogP contribution in [0.5, 0.6) is 0 Å². The van der Waals surface area contributed by atoms with Crippen LogP contribution in [-0.2, 0) is 9.53 Å². The predicted octanol–water partition coefficient (Wildman–Crippen LogP) is 1.85. The molecule has 2 saturated carbocycles. The van der Waals surface area contributed by atoms with Gasteiger partial charge >= 0.3 is 5.97 Å². The topological polar surface area (TPSA) is 52.3 Å². The SMILES string of the molecule is CC1CCC(OC(=O)C2(CN)CC2)CC1. The largest absolute Gasteiger partial charge is 0.462 e. The Hall–Kier alpha value is -0.570. The van der Waals surface area contributed by atoms with Crippen LogP contribution >= 0.6 is 0 Å². The maximum absolute atomic E-state index is 11.8. The quantitative estimate of drug-likeness (QED) is 0.725. The van der Waals surface area contributed by atoms with E-state index in [0.29, 0.717) is 6.54 Å². The molecule has 2 fully saturated rings. The van der Waals surface area contributed by atoms with Crippen molar-refractivity contribution in [2.45, 2.75) is 51.6 Å². The zero-order chi connectivity index (χ0) is 10.9. The summed E-state index contributed by atoms with van der Waals surface area (Å²) in [4.78, 5) is 11.8. The van der Waals surface area contributed by atoms with Crippen molar-refractivity contribution in [3.63, 3.8) is 0 Å². The van der Waals surface area contributed by atoms with Gasteiger partial charge in [0.2, 0.25) is 0 Å². The van der Waals surface area contributed by atoms with E-state index < -0.39 is 0 Å². The Kier molecular flexibility index (Phi) is 3.01. The van der Waals surface area contributed by atoms with Gasteiger partial charge in [-0.15, -0.1) is 0 Å². The maximum atomic E-state index is 11.8. The third-order valence-electron chi connectivity index (χ3n) is 3.91. The monoisotopic (exact) mass is 211 g/mol. The summed E-state index contributed by atoms with van der Waals surface area (Å²) < 4.78 is 5.54. The van der Waals surface area contributed by atoms with Crippen LogP contribution < -0.4 is 5.73 Å². The van der Waals surface area contributed by atoms with Crippen LogP contribution in [0.15, 0.2) is 0 Å². The zero-order valence-corrected chi connectivity index (χ0v) is 9.50. The number of carbonyl (C=O) groups is 1. The van der Waals surface area contributed by atoms with Gasteiger partial charge in [-0.05, 0) is 44.4 Å². The normalized spacial score (nSPS) is 33.5. The van der Waals surface area contributed by atoms with Crippen molar-refractivity contribution in [3.8, 4) is 0 Å². The average Bonchev–Trinajstić information content (AvgIpc) is 3.02. The molecule has 0 heterocycles. The van der Waals surface area contributed by atoms with Gasteiger partial charge in [-0.2, -0.15) is 0 Å². The second-order valence-corrected chi connectivity index (χ2v) is 5.27. The van der Waals surface area contributed by atoms with E-state index in [1.54, 1.807) is 0 Å². The van der Waals surface area contributed by atoms with Crippen molar-refractivity contribution in [1.29, 1.82) is 0 Å². The van der Waals surface area contributed by atoms with Crippen molar-refractivity contribution < 1.29 is 9.53 Å². The fraction of sp³-hybridized carbons (Fsp3) is 0.917. The van der Waals surface area contributed by atoms with Crippen LogP contribution in [0.2, 0.25) is 0 Å². The summed E-state index contributed by atoms with van der Waals surface area (Å²) >= 11 is 0. The Balaban J connectivity index is 1.79. The molecular weight excluding hydrogens is 190 g/mol. The molecule has 0 unspecified atom stereocenters.